The Morgan fingerprint density at radius 3 is 0.393 bits per heavy atom. The summed E-state index contributed by atoms with van der Waals surface area (Å²) in [4.78, 5) is 127. The van der Waals surface area contributed by atoms with Crippen LogP contribution in [0.2, 0.25) is 0 Å². The van der Waals surface area contributed by atoms with E-state index in [1.54, 1.807) is 0 Å². The van der Waals surface area contributed by atoms with Crippen molar-refractivity contribution in [1.29, 1.82) is 0 Å². The summed E-state index contributed by atoms with van der Waals surface area (Å²) >= 11 is 0. The molecule has 8 unspecified atom stereocenters. The molecule has 20 nitrogen and oxygen atoms in total. The van der Waals surface area contributed by atoms with E-state index >= 15 is 0 Å². The van der Waals surface area contributed by atoms with Gasteiger partial charge in [-0.15, -0.1) is 0 Å². The van der Waals surface area contributed by atoms with Crippen molar-refractivity contribution in [3.63, 3.8) is 0 Å². The van der Waals surface area contributed by atoms with E-state index in [4.69, 9.17) is 0 Å². The van der Waals surface area contributed by atoms with E-state index in [2.05, 4.69) is 0 Å². The Labute approximate surface area is 353 Å². The second kappa shape index (κ2) is 18.0. The van der Waals surface area contributed by atoms with Crippen LogP contribution < -0.4 is 0 Å². The molecule has 20 heteroatoms. The second-order valence-corrected chi connectivity index (χ2v) is 20.9. The van der Waals surface area contributed by atoms with Gasteiger partial charge in [-0.3, -0.25) is 47.9 Å². The number of carbonyl (C=O) groups is 10. The molecule has 0 rings (SSSR count). The summed E-state index contributed by atoms with van der Waals surface area (Å²) in [6.07, 6.45) is -7.90. The quantitative estimate of drug-likeness (QED) is 0.0467. The molecular weight excluding hydrogens is 812 g/mol. The summed E-state index contributed by atoms with van der Waals surface area (Å²) in [6, 6.07) is 0. The lowest BCUT2D eigenvalue weighted by Crippen LogP contribution is -2.50. The molecule has 0 aromatic rings. The van der Waals surface area contributed by atoms with Crippen molar-refractivity contribution >= 4 is 59.7 Å². The van der Waals surface area contributed by atoms with Crippen LogP contribution in [0.3, 0.4) is 0 Å². The molecule has 0 aliphatic carbocycles. The predicted molar refractivity (Wildman–Crippen MR) is 210 cm³/mol. The minimum atomic E-state index is -2.44. The van der Waals surface area contributed by atoms with Crippen LogP contribution in [-0.2, 0) is 47.9 Å². The molecule has 0 aromatic carbocycles. The van der Waals surface area contributed by atoms with Gasteiger partial charge in [0.25, 0.3) is 0 Å². The molecule has 0 saturated heterocycles. The van der Waals surface area contributed by atoms with Gasteiger partial charge in [0, 0.05) is 0 Å². The summed E-state index contributed by atoms with van der Waals surface area (Å²) < 4.78 is 0. The highest BCUT2D eigenvalue weighted by Gasteiger charge is 2.59. The van der Waals surface area contributed by atoms with Gasteiger partial charge in [0.1, 0.15) is 0 Å². The van der Waals surface area contributed by atoms with Crippen molar-refractivity contribution in [1.82, 2.24) is 0 Å². The van der Waals surface area contributed by atoms with E-state index in [-0.39, 0.29) is 0 Å². The van der Waals surface area contributed by atoms with Crippen molar-refractivity contribution in [3.8, 4) is 0 Å². The minimum absolute atomic E-state index is 0.611. The van der Waals surface area contributed by atoms with Crippen LogP contribution in [0.5, 0.6) is 0 Å². The van der Waals surface area contributed by atoms with E-state index < -0.39 is 172 Å². The van der Waals surface area contributed by atoms with Crippen molar-refractivity contribution in [3.05, 3.63) is 0 Å². The molecule has 0 fully saturated rings. The molecule has 0 aliphatic heterocycles. The predicted octanol–water partition coefficient (Wildman–Crippen LogP) is 5.45. The Morgan fingerprint density at radius 2 is 0.311 bits per heavy atom. The first kappa shape index (κ1) is 55.7. The first-order valence-electron chi connectivity index (χ1n) is 19.1. The molecule has 61 heavy (non-hydrogen) atoms. The van der Waals surface area contributed by atoms with Crippen molar-refractivity contribution < 1.29 is 99.0 Å². The Morgan fingerprint density at radius 1 is 0.213 bits per heavy atom. The van der Waals surface area contributed by atoms with Crippen LogP contribution in [0.1, 0.15) is 141 Å². The monoisotopic (exact) mass is 876 g/mol. The smallest absolute Gasteiger partial charge is 0.309 e. The molecule has 0 heterocycles. The van der Waals surface area contributed by atoms with E-state index in [9.17, 15) is 99.0 Å². The fraction of sp³-hybridized carbons (Fsp3) is 0.756. The maximum Gasteiger partial charge on any atom is 0.309 e. The third-order valence-corrected chi connectivity index (χ3v) is 12.4. The summed E-state index contributed by atoms with van der Waals surface area (Å²) in [5, 5.41) is 103. The molecule has 0 radical (unpaired) electrons. The molecule has 0 aromatic heterocycles. The van der Waals surface area contributed by atoms with Gasteiger partial charge in [-0.05, 0) is 141 Å². The number of carboxylic acid groups (broad SMARTS) is 10. The van der Waals surface area contributed by atoms with E-state index in [0.717, 1.165) is 55.4 Å². The average Bonchev–Trinajstić information content (AvgIpc) is 3.02. The average molecular weight is 877 g/mol. The molecule has 0 saturated carbocycles. The van der Waals surface area contributed by atoms with Gasteiger partial charge in [0.2, 0.25) is 0 Å². The van der Waals surface area contributed by atoms with E-state index in [1.807, 2.05) is 0 Å². The molecule has 10 N–H and O–H groups in total. The van der Waals surface area contributed by atoms with Gasteiger partial charge < -0.3 is 51.1 Å². The first-order valence-corrected chi connectivity index (χ1v) is 19.1. The topological polar surface area (TPSA) is 373 Å². The van der Waals surface area contributed by atoms with Crippen molar-refractivity contribution in [2.75, 3.05) is 0 Å². The maximum atomic E-state index is 13.1. The molecule has 0 bridgehead atoms. The Balaban J connectivity index is 7.48. The lowest BCUT2D eigenvalue weighted by Gasteiger charge is -2.45. The van der Waals surface area contributed by atoms with Crippen LogP contribution in [-0.4, -0.2) is 111 Å². The molecule has 348 valence electrons. The van der Waals surface area contributed by atoms with Crippen LogP contribution in [0.25, 0.3) is 0 Å². The molecule has 8 atom stereocenters. The van der Waals surface area contributed by atoms with E-state index in [1.165, 1.54) is 27.7 Å². The highest BCUT2D eigenvalue weighted by Crippen LogP contribution is 2.55. The van der Waals surface area contributed by atoms with E-state index in [0.29, 0.717) is 0 Å². The normalized spacial score (nSPS) is 20.1. The summed E-state index contributed by atoms with van der Waals surface area (Å²) in [7, 11) is 0. The molecular formula is C41H64O20. The highest BCUT2D eigenvalue weighted by atomic mass is 16.4. The summed E-state index contributed by atoms with van der Waals surface area (Å²) in [5.74, 6) is -16.6. The van der Waals surface area contributed by atoms with Gasteiger partial charge in [0.05, 0.1) is 54.1 Å². The third kappa shape index (κ3) is 12.9. The van der Waals surface area contributed by atoms with Gasteiger partial charge in [0.15, 0.2) is 0 Å². The number of hydrogen-bond donors (Lipinski definition) is 10. The molecule has 0 amide bonds. The fourth-order valence-electron chi connectivity index (χ4n) is 9.84. The first-order chi connectivity index (χ1) is 26.8. The zero-order valence-corrected chi connectivity index (χ0v) is 36.9. The SMILES string of the molecule is CC(C)(CC(C)(CC(C)(CC(C)(CC(C)(CC(C)(CC(C)(CC(C)(CC(C)(CC(C)(C)C(=O)O)C(=O)O)C(=O)O)C(=O)O)C(=O)O)C(=O)O)C(=O)O)C(=O)O)C(=O)O)C(=O)O. The Kier molecular flexibility index (Phi) is 16.4. The standard InChI is InChI=1S/C41H64O20/c1-32(2,22(42)43)13-34(5,24(46)47)15-36(7,26(50)51)17-38(9,28(54)55)19-40(11,30(58)59)21-41(12,31(60)61)20-39(10,29(56)57)18-37(8,27(52)53)16-35(6,25(48)49)14-33(3,4)23(44)45/h13-21H2,1-12H3,(H,42,43)(H,44,45)(H,46,47)(H,48,49)(H,50,51)(H,52,53)(H,54,55)(H,56,57)(H,58,59)(H,60,61). The Bertz CT molecular complexity index is 1690. The van der Waals surface area contributed by atoms with Crippen LogP contribution in [0.15, 0.2) is 0 Å². The lowest BCUT2D eigenvalue weighted by atomic mass is 9.56. The summed E-state index contributed by atoms with van der Waals surface area (Å²) in [6.45, 7) is 12.9. The maximum absolute atomic E-state index is 13.1. The number of carboxylic acids is 10. The minimum Gasteiger partial charge on any atom is -0.481 e. The van der Waals surface area contributed by atoms with Crippen molar-refractivity contribution in [2.24, 2.45) is 54.1 Å². The fourth-order valence-corrected chi connectivity index (χ4v) is 9.84. The van der Waals surface area contributed by atoms with Crippen LogP contribution >= 0.6 is 0 Å². The molecule has 0 spiro atoms. The number of hydrogen-bond acceptors (Lipinski definition) is 10. The highest BCUT2D eigenvalue weighted by molar-refractivity contribution is 5.85. The zero-order chi connectivity index (χ0) is 49.1. The number of rotatable bonds is 28. The summed E-state index contributed by atoms with van der Waals surface area (Å²) in [5.41, 5.74) is -21.9. The Hall–Kier alpha value is -5.30. The second-order valence-electron chi connectivity index (χ2n) is 20.9. The van der Waals surface area contributed by atoms with Gasteiger partial charge in [-0.25, -0.2) is 0 Å². The lowest BCUT2D eigenvalue weighted by molar-refractivity contribution is -0.168. The van der Waals surface area contributed by atoms with Gasteiger partial charge in [-0.1, -0.05) is 0 Å². The van der Waals surface area contributed by atoms with Crippen LogP contribution in [0, 0.1) is 54.1 Å². The largest absolute Gasteiger partial charge is 0.481 e. The van der Waals surface area contributed by atoms with Crippen LogP contribution in [0.4, 0.5) is 0 Å². The van der Waals surface area contributed by atoms with Gasteiger partial charge in [-0.2, -0.15) is 0 Å². The number of aliphatic carboxylic acids is 10. The van der Waals surface area contributed by atoms with Crippen molar-refractivity contribution in [2.45, 2.75) is 141 Å². The zero-order valence-electron chi connectivity index (χ0n) is 36.9. The van der Waals surface area contributed by atoms with Gasteiger partial charge >= 0.3 is 59.7 Å². The molecule has 0 aliphatic rings. The third-order valence-electron chi connectivity index (χ3n) is 12.4.